The Balaban J connectivity index is 1.75. The van der Waals surface area contributed by atoms with Gasteiger partial charge in [-0.15, -0.1) is 0 Å². The average molecular weight is 372 g/mol. The molecule has 0 bridgehead atoms. The Morgan fingerprint density at radius 1 is 0.483 bits per heavy atom. The summed E-state index contributed by atoms with van der Waals surface area (Å²) in [6.07, 6.45) is 0. The second-order valence-electron chi connectivity index (χ2n) is 6.94. The lowest BCUT2D eigenvalue weighted by Gasteiger charge is -2.13. The van der Waals surface area contributed by atoms with Gasteiger partial charge in [0.2, 0.25) is 0 Å². The zero-order valence-corrected chi connectivity index (χ0v) is 15.9. The fourth-order valence-corrected chi connectivity index (χ4v) is 3.65. The van der Waals surface area contributed by atoms with Gasteiger partial charge >= 0.3 is 0 Å². The molecule has 0 saturated heterocycles. The Hall–Kier alpha value is -3.91. The Morgan fingerprint density at radius 2 is 1.00 bits per heavy atom. The smallest absolute Gasteiger partial charge is 0.0934 e. The summed E-state index contributed by atoms with van der Waals surface area (Å²) in [6, 6.07) is 41.9. The van der Waals surface area contributed by atoms with Crippen molar-refractivity contribution in [1.82, 2.24) is 9.78 Å². The van der Waals surface area contributed by atoms with Gasteiger partial charge in [-0.1, -0.05) is 109 Å². The minimum Gasteiger partial charge on any atom is -0.232 e. The molecule has 0 radical (unpaired) electrons. The first-order chi connectivity index (χ1) is 14.4. The van der Waals surface area contributed by atoms with Crippen LogP contribution in [0.3, 0.4) is 0 Å². The first-order valence-corrected chi connectivity index (χ1v) is 9.76. The monoisotopic (exact) mass is 372 g/mol. The van der Waals surface area contributed by atoms with Crippen LogP contribution in [0.2, 0.25) is 0 Å². The Kier molecular flexibility index (Phi) is 4.51. The third-order valence-electron chi connectivity index (χ3n) is 5.07. The second-order valence-corrected chi connectivity index (χ2v) is 6.94. The van der Waals surface area contributed by atoms with Gasteiger partial charge in [-0.3, -0.25) is 0 Å². The summed E-state index contributed by atoms with van der Waals surface area (Å²) in [5, 5.41) is 5.03. The molecule has 29 heavy (non-hydrogen) atoms. The van der Waals surface area contributed by atoms with E-state index in [2.05, 4.69) is 108 Å². The zero-order valence-electron chi connectivity index (χ0n) is 15.9. The Labute approximate surface area is 170 Å². The molecular formula is C27H20N2. The van der Waals surface area contributed by atoms with Gasteiger partial charge in [0.15, 0.2) is 0 Å². The van der Waals surface area contributed by atoms with E-state index in [9.17, 15) is 0 Å². The predicted octanol–water partition coefficient (Wildman–Crippen LogP) is 6.87. The SMILES string of the molecule is c1ccc(-c2cc(-c3ccccc3)n(-c3ccccc3-c3ccccc3)n2)cc1. The number of aromatic nitrogens is 2. The highest BCUT2D eigenvalue weighted by molar-refractivity contribution is 5.77. The van der Waals surface area contributed by atoms with Gasteiger partial charge in [-0.05, 0) is 17.7 Å². The highest BCUT2D eigenvalue weighted by Gasteiger charge is 2.15. The van der Waals surface area contributed by atoms with Crippen LogP contribution in [-0.4, -0.2) is 9.78 Å². The Morgan fingerprint density at radius 3 is 1.66 bits per heavy atom. The van der Waals surface area contributed by atoms with Crippen LogP contribution in [-0.2, 0) is 0 Å². The van der Waals surface area contributed by atoms with Crippen LogP contribution in [0.5, 0.6) is 0 Å². The zero-order chi connectivity index (χ0) is 19.5. The van der Waals surface area contributed by atoms with Crippen molar-refractivity contribution >= 4 is 0 Å². The van der Waals surface area contributed by atoms with Gasteiger partial charge < -0.3 is 0 Å². The molecule has 0 atom stereocenters. The minimum absolute atomic E-state index is 0.965. The van der Waals surface area contributed by atoms with E-state index in [-0.39, 0.29) is 0 Å². The van der Waals surface area contributed by atoms with E-state index in [1.54, 1.807) is 0 Å². The summed E-state index contributed by atoms with van der Waals surface area (Å²) in [4.78, 5) is 0. The van der Waals surface area contributed by atoms with Gasteiger partial charge in [0.25, 0.3) is 0 Å². The summed E-state index contributed by atoms with van der Waals surface area (Å²) < 4.78 is 2.07. The molecule has 138 valence electrons. The lowest BCUT2D eigenvalue weighted by molar-refractivity contribution is 0.893. The molecule has 2 heteroatoms. The van der Waals surface area contributed by atoms with Crippen LogP contribution < -0.4 is 0 Å². The van der Waals surface area contributed by atoms with Crippen LogP contribution in [0.4, 0.5) is 0 Å². The molecule has 0 amide bonds. The lowest BCUT2D eigenvalue weighted by Crippen LogP contribution is -2.01. The molecule has 1 heterocycles. The maximum Gasteiger partial charge on any atom is 0.0934 e. The van der Waals surface area contributed by atoms with Crippen LogP contribution in [0, 0.1) is 0 Å². The van der Waals surface area contributed by atoms with E-state index in [4.69, 9.17) is 5.10 Å². The highest BCUT2D eigenvalue weighted by atomic mass is 15.3. The number of hydrogen-bond acceptors (Lipinski definition) is 1. The molecule has 0 fully saturated rings. The minimum atomic E-state index is 0.965. The van der Waals surface area contributed by atoms with Gasteiger partial charge in [0, 0.05) is 16.7 Å². The third-order valence-corrected chi connectivity index (χ3v) is 5.07. The number of benzene rings is 4. The molecule has 1 aromatic heterocycles. The molecular weight excluding hydrogens is 352 g/mol. The fourth-order valence-electron chi connectivity index (χ4n) is 3.65. The molecule has 5 rings (SSSR count). The summed E-state index contributed by atoms with van der Waals surface area (Å²) in [5.74, 6) is 0. The normalized spacial score (nSPS) is 10.8. The van der Waals surface area contributed by atoms with Crippen molar-refractivity contribution < 1.29 is 0 Å². The molecule has 0 aliphatic rings. The maximum atomic E-state index is 5.03. The van der Waals surface area contributed by atoms with E-state index in [1.807, 2.05) is 18.2 Å². The van der Waals surface area contributed by atoms with E-state index in [0.717, 1.165) is 33.8 Å². The van der Waals surface area contributed by atoms with E-state index >= 15 is 0 Å². The fraction of sp³-hybridized carbons (Fsp3) is 0. The van der Waals surface area contributed by atoms with Gasteiger partial charge in [0.05, 0.1) is 17.1 Å². The standard InChI is InChI=1S/C27H20N2/c1-4-12-21(13-5-1)24-18-10-11-19-26(24)29-27(23-16-8-3-9-17-23)20-25(28-29)22-14-6-2-7-15-22/h1-20H. The molecule has 5 aromatic rings. The lowest BCUT2D eigenvalue weighted by atomic mass is 10.0. The van der Waals surface area contributed by atoms with Crippen molar-refractivity contribution in [2.75, 3.05) is 0 Å². The van der Waals surface area contributed by atoms with Crippen molar-refractivity contribution in [3.63, 3.8) is 0 Å². The van der Waals surface area contributed by atoms with Crippen molar-refractivity contribution in [2.24, 2.45) is 0 Å². The molecule has 0 spiro atoms. The molecule has 0 N–H and O–H groups in total. The van der Waals surface area contributed by atoms with Crippen molar-refractivity contribution in [3.05, 3.63) is 121 Å². The Bertz CT molecular complexity index is 1220. The van der Waals surface area contributed by atoms with E-state index < -0.39 is 0 Å². The molecule has 2 nitrogen and oxygen atoms in total. The van der Waals surface area contributed by atoms with Crippen LogP contribution >= 0.6 is 0 Å². The molecule has 0 unspecified atom stereocenters. The number of hydrogen-bond donors (Lipinski definition) is 0. The van der Waals surface area contributed by atoms with Crippen LogP contribution in [0.1, 0.15) is 0 Å². The summed E-state index contributed by atoms with van der Waals surface area (Å²) in [5.41, 5.74) is 7.71. The summed E-state index contributed by atoms with van der Waals surface area (Å²) in [7, 11) is 0. The summed E-state index contributed by atoms with van der Waals surface area (Å²) >= 11 is 0. The van der Waals surface area contributed by atoms with Crippen LogP contribution in [0.15, 0.2) is 121 Å². The largest absolute Gasteiger partial charge is 0.232 e. The van der Waals surface area contributed by atoms with Gasteiger partial charge in [-0.2, -0.15) is 5.10 Å². The maximum absolute atomic E-state index is 5.03. The van der Waals surface area contributed by atoms with Crippen LogP contribution in [0.25, 0.3) is 39.3 Å². The molecule has 0 saturated carbocycles. The first kappa shape index (κ1) is 17.2. The second kappa shape index (κ2) is 7.61. The summed E-state index contributed by atoms with van der Waals surface area (Å²) in [6.45, 7) is 0. The quantitative estimate of drug-likeness (QED) is 0.336. The van der Waals surface area contributed by atoms with E-state index in [1.165, 1.54) is 5.56 Å². The van der Waals surface area contributed by atoms with Crippen molar-refractivity contribution in [3.8, 4) is 39.3 Å². The number of nitrogens with zero attached hydrogens (tertiary/aromatic N) is 2. The first-order valence-electron chi connectivity index (χ1n) is 9.76. The highest BCUT2D eigenvalue weighted by Crippen LogP contribution is 2.33. The van der Waals surface area contributed by atoms with Gasteiger partial charge in [0.1, 0.15) is 0 Å². The average Bonchev–Trinajstić information content (AvgIpc) is 3.26. The molecule has 0 aliphatic heterocycles. The van der Waals surface area contributed by atoms with Gasteiger partial charge in [-0.25, -0.2) is 4.68 Å². The van der Waals surface area contributed by atoms with E-state index in [0.29, 0.717) is 0 Å². The third kappa shape index (κ3) is 3.37. The molecule has 4 aromatic carbocycles. The van der Waals surface area contributed by atoms with Crippen molar-refractivity contribution in [2.45, 2.75) is 0 Å². The molecule has 0 aliphatic carbocycles. The predicted molar refractivity (Wildman–Crippen MR) is 120 cm³/mol. The topological polar surface area (TPSA) is 17.8 Å². The number of rotatable bonds is 4. The van der Waals surface area contributed by atoms with Crippen molar-refractivity contribution in [1.29, 1.82) is 0 Å². The number of para-hydroxylation sites is 1.